The van der Waals surface area contributed by atoms with Gasteiger partial charge in [-0.3, -0.25) is 9.69 Å². The number of likely N-dealkylation sites (N-methyl/N-ethyl adjacent to an activating group) is 1. The third kappa shape index (κ3) is 5.47. The van der Waals surface area contributed by atoms with Gasteiger partial charge in [0.2, 0.25) is 0 Å². The molecule has 1 rings (SSSR count). The molecular weight excluding hydrogens is 204 g/mol. The molecular formula is C12H24N2O2. The second kappa shape index (κ2) is 7.63. The zero-order valence-corrected chi connectivity index (χ0v) is 10.6. The van der Waals surface area contributed by atoms with Crippen LogP contribution in [0.4, 0.5) is 0 Å². The molecule has 1 aliphatic heterocycles. The quantitative estimate of drug-likeness (QED) is 0.634. The Kier molecular flexibility index (Phi) is 6.42. The summed E-state index contributed by atoms with van der Waals surface area (Å²) in [5.74, 6) is -0.122. The molecule has 1 aliphatic rings. The maximum absolute atomic E-state index is 11.2. The van der Waals surface area contributed by atoms with E-state index in [4.69, 9.17) is 4.74 Å². The highest BCUT2D eigenvalue weighted by atomic mass is 16.5. The molecule has 94 valence electrons. The summed E-state index contributed by atoms with van der Waals surface area (Å²) in [5, 5.41) is 0. The molecule has 0 aromatic heterocycles. The van der Waals surface area contributed by atoms with Crippen molar-refractivity contribution in [1.82, 2.24) is 9.80 Å². The van der Waals surface area contributed by atoms with Gasteiger partial charge in [0, 0.05) is 13.1 Å². The van der Waals surface area contributed by atoms with Crippen LogP contribution in [-0.2, 0) is 9.53 Å². The van der Waals surface area contributed by atoms with Crippen molar-refractivity contribution in [3.05, 3.63) is 0 Å². The molecule has 0 aliphatic carbocycles. The van der Waals surface area contributed by atoms with Crippen molar-refractivity contribution < 1.29 is 9.53 Å². The highest BCUT2D eigenvalue weighted by molar-refractivity contribution is 5.71. The van der Waals surface area contributed by atoms with Crippen LogP contribution in [0.2, 0.25) is 0 Å². The normalized spacial score (nSPS) is 17.7. The first-order chi connectivity index (χ1) is 7.72. The van der Waals surface area contributed by atoms with E-state index in [9.17, 15) is 4.79 Å². The third-order valence-corrected chi connectivity index (χ3v) is 2.95. The Morgan fingerprint density at radius 2 is 2.00 bits per heavy atom. The van der Waals surface area contributed by atoms with Crippen LogP contribution in [0, 0.1) is 0 Å². The molecule has 0 N–H and O–H groups in total. The Morgan fingerprint density at radius 1 is 1.31 bits per heavy atom. The maximum atomic E-state index is 11.2. The standard InChI is InChI=1S/C12H24N2O2/c1-3-16-12(15)11-13(2)9-10-14-7-5-4-6-8-14/h3-11H2,1-2H3. The van der Waals surface area contributed by atoms with Gasteiger partial charge in [-0.25, -0.2) is 0 Å². The Hall–Kier alpha value is -0.610. The lowest BCUT2D eigenvalue weighted by Crippen LogP contribution is -2.38. The molecule has 1 saturated heterocycles. The molecule has 0 atom stereocenters. The first kappa shape index (κ1) is 13.5. The second-order valence-corrected chi connectivity index (χ2v) is 4.45. The first-order valence-electron chi connectivity index (χ1n) is 6.29. The summed E-state index contributed by atoms with van der Waals surface area (Å²) in [6.07, 6.45) is 4.01. The molecule has 0 spiro atoms. The lowest BCUT2D eigenvalue weighted by molar-refractivity contribution is -0.144. The van der Waals surface area contributed by atoms with E-state index in [2.05, 4.69) is 4.90 Å². The number of carbonyl (C=O) groups is 1. The number of rotatable bonds is 6. The molecule has 4 nitrogen and oxygen atoms in total. The van der Waals surface area contributed by atoms with Gasteiger partial charge in [0.1, 0.15) is 0 Å². The zero-order valence-electron chi connectivity index (χ0n) is 10.6. The molecule has 1 fully saturated rings. The van der Waals surface area contributed by atoms with Gasteiger partial charge in [-0.2, -0.15) is 0 Å². The highest BCUT2D eigenvalue weighted by Crippen LogP contribution is 2.07. The van der Waals surface area contributed by atoms with E-state index >= 15 is 0 Å². The van der Waals surface area contributed by atoms with Crippen molar-refractivity contribution in [3.63, 3.8) is 0 Å². The van der Waals surface area contributed by atoms with Gasteiger partial charge in [0.25, 0.3) is 0 Å². The molecule has 0 unspecified atom stereocenters. The topological polar surface area (TPSA) is 32.8 Å². The molecule has 4 heteroatoms. The fourth-order valence-corrected chi connectivity index (χ4v) is 2.00. The Labute approximate surface area is 98.5 Å². The van der Waals surface area contributed by atoms with Gasteiger partial charge in [-0.15, -0.1) is 0 Å². The monoisotopic (exact) mass is 228 g/mol. The largest absolute Gasteiger partial charge is 0.465 e. The van der Waals surface area contributed by atoms with Crippen molar-refractivity contribution >= 4 is 5.97 Å². The van der Waals surface area contributed by atoms with Crippen LogP contribution in [0.5, 0.6) is 0 Å². The van der Waals surface area contributed by atoms with Crippen LogP contribution >= 0.6 is 0 Å². The Bertz CT molecular complexity index is 203. The van der Waals surface area contributed by atoms with E-state index in [1.54, 1.807) is 0 Å². The number of hydrogen-bond donors (Lipinski definition) is 0. The average molecular weight is 228 g/mol. The fourth-order valence-electron chi connectivity index (χ4n) is 2.00. The number of hydrogen-bond acceptors (Lipinski definition) is 4. The maximum Gasteiger partial charge on any atom is 0.320 e. The SMILES string of the molecule is CCOC(=O)CN(C)CCN1CCCCC1. The predicted octanol–water partition coefficient (Wildman–Crippen LogP) is 0.967. The molecule has 0 radical (unpaired) electrons. The van der Waals surface area contributed by atoms with E-state index in [-0.39, 0.29) is 5.97 Å². The number of nitrogens with zero attached hydrogens (tertiary/aromatic N) is 2. The molecule has 0 bridgehead atoms. The molecule has 0 amide bonds. The smallest absolute Gasteiger partial charge is 0.320 e. The Morgan fingerprint density at radius 3 is 2.62 bits per heavy atom. The Balaban J connectivity index is 2.08. The summed E-state index contributed by atoms with van der Waals surface area (Å²) < 4.78 is 4.91. The highest BCUT2D eigenvalue weighted by Gasteiger charge is 2.12. The van der Waals surface area contributed by atoms with Crippen LogP contribution in [-0.4, -0.2) is 62.1 Å². The van der Waals surface area contributed by atoms with E-state index in [1.807, 2.05) is 18.9 Å². The molecule has 1 heterocycles. The molecule has 0 saturated carbocycles. The minimum absolute atomic E-state index is 0.122. The summed E-state index contributed by atoms with van der Waals surface area (Å²) in [5.41, 5.74) is 0. The van der Waals surface area contributed by atoms with Crippen LogP contribution in [0.1, 0.15) is 26.2 Å². The van der Waals surface area contributed by atoms with Crippen molar-refractivity contribution in [2.45, 2.75) is 26.2 Å². The number of carbonyl (C=O) groups excluding carboxylic acids is 1. The number of esters is 1. The number of ether oxygens (including phenoxy) is 1. The molecule has 0 aromatic rings. The molecule has 16 heavy (non-hydrogen) atoms. The van der Waals surface area contributed by atoms with Crippen LogP contribution < -0.4 is 0 Å². The lowest BCUT2D eigenvalue weighted by atomic mass is 10.1. The van der Waals surface area contributed by atoms with Gasteiger partial charge >= 0.3 is 5.97 Å². The minimum atomic E-state index is -0.122. The summed E-state index contributed by atoms with van der Waals surface area (Å²) in [6.45, 7) is 7.15. The van der Waals surface area contributed by atoms with Gasteiger partial charge < -0.3 is 9.64 Å². The number of likely N-dealkylation sites (tertiary alicyclic amines) is 1. The lowest BCUT2D eigenvalue weighted by Gasteiger charge is -2.28. The van der Waals surface area contributed by atoms with Crippen molar-refractivity contribution in [3.8, 4) is 0 Å². The fraction of sp³-hybridized carbons (Fsp3) is 0.917. The predicted molar refractivity (Wildman–Crippen MR) is 64.4 cm³/mol. The van der Waals surface area contributed by atoms with Gasteiger partial charge in [0.05, 0.1) is 13.2 Å². The van der Waals surface area contributed by atoms with Crippen LogP contribution in [0.3, 0.4) is 0 Å². The van der Waals surface area contributed by atoms with Gasteiger partial charge in [-0.1, -0.05) is 6.42 Å². The second-order valence-electron chi connectivity index (χ2n) is 4.45. The van der Waals surface area contributed by atoms with E-state index in [0.717, 1.165) is 13.1 Å². The van der Waals surface area contributed by atoms with Crippen molar-refractivity contribution in [2.24, 2.45) is 0 Å². The van der Waals surface area contributed by atoms with Gasteiger partial charge in [-0.05, 0) is 39.9 Å². The van der Waals surface area contributed by atoms with E-state index < -0.39 is 0 Å². The van der Waals surface area contributed by atoms with E-state index in [1.165, 1.54) is 32.4 Å². The summed E-state index contributed by atoms with van der Waals surface area (Å²) in [6, 6.07) is 0. The summed E-state index contributed by atoms with van der Waals surface area (Å²) in [7, 11) is 1.97. The minimum Gasteiger partial charge on any atom is -0.465 e. The molecule has 0 aromatic carbocycles. The number of piperidine rings is 1. The van der Waals surface area contributed by atoms with Crippen LogP contribution in [0.15, 0.2) is 0 Å². The van der Waals surface area contributed by atoms with Gasteiger partial charge in [0.15, 0.2) is 0 Å². The summed E-state index contributed by atoms with van der Waals surface area (Å²) in [4.78, 5) is 15.7. The zero-order chi connectivity index (χ0) is 11.8. The third-order valence-electron chi connectivity index (χ3n) is 2.95. The van der Waals surface area contributed by atoms with E-state index in [0.29, 0.717) is 13.2 Å². The van der Waals surface area contributed by atoms with Crippen LogP contribution in [0.25, 0.3) is 0 Å². The van der Waals surface area contributed by atoms with Crippen molar-refractivity contribution in [1.29, 1.82) is 0 Å². The average Bonchev–Trinajstić information content (AvgIpc) is 2.28. The van der Waals surface area contributed by atoms with Crippen molar-refractivity contribution in [2.75, 3.05) is 46.4 Å². The first-order valence-corrected chi connectivity index (χ1v) is 6.29. The summed E-state index contributed by atoms with van der Waals surface area (Å²) >= 11 is 0.